The molecule has 0 amide bonds. The van der Waals surface area contributed by atoms with Crippen LogP contribution in [0.25, 0.3) is 0 Å². The van der Waals surface area contributed by atoms with Gasteiger partial charge in [0.05, 0.1) is 12.2 Å². The van der Waals surface area contributed by atoms with Crippen LogP contribution in [0.3, 0.4) is 0 Å². The van der Waals surface area contributed by atoms with Crippen LogP contribution in [0, 0.1) is 0 Å². The minimum absolute atomic E-state index is 0.0327. The number of carbonyl (C=O) groups is 2. The minimum atomic E-state index is -0.730. The van der Waals surface area contributed by atoms with Gasteiger partial charge in [0.25, 0.3) is 0 Å². The number of hydrogen-bond donors (Lipinski definition) is 2. The van der Waals surface area contributed by atoms with Gasteiger partial charge in [-0.15, -0.1) is 0 Å². The van der Waals surface area contributed by atoms with Crippen molar-refractivity contribution in [2.75, 3.05) is 0 Å². The lowest BCUT2D eigenvalue weighted by Gasteiger charge is -2.02. The lowest BCUT2D eigenvalue weighted by atomic mass is 10.0. The van der Waals surface area contributed by atoms with Crippen LogP contribution < -0.4 is 0 Å². The third-order valence-corrected chi connectivity index (χ3v) is 1.81. The van der Waals surface area contributed by atoms with Crippen LogP contribution in [-0.4, -0.2) is 21.8 Å². The average molecular weight is 194 g/mol. The number of aliphatic hydroxyl groups excluding tert-OH is 1. The summed E-state index contributed by atoms with van der Waals surface area (Å²) < 4.78 is 0. The second kappa shape index (κ2) is 4.02. The van der Waals surface area contributed by atoms with Crippen molar-refractivity contribution in [3.05, 3.63) is 29.3 Å². The number of hydrogen-bond acceptors (Lipinski definition) is 4. The predicted octanol–water partition coefficient (Wildman–Crippen LogP) is 0.656. The van der Waals surface area contributed by atoms with Gasteiger partial charge in [0.1, 0.15) is 5.75 Å². The van der Waals surface area contributed by atoms with E-state index in [-0.39, 0.29) is 17.9 Å². The molecule has 0 spiro atoms. The zero-order valence-corrected chi connectivity index (χ0v) is 7.65. The van der Waals surface area contributed by atoms with Gasteiger partial charge >= 0.3 is 0 Å². The molecular formula is C10H10O4. The highest BCUT2D eigenvalue weighted by molar-refractivity contribution is 6.43. The van der Waals surface area contributed by atoms with Crippen LogP contribution in [0.5, 0.6) is 5.75 Å². The fourth-order valence-electron chi connectivity index (χ4n) is 1.06. The zero-order valence-electron chi connectivity index (χ0n) is 7.65. The van der Waals surface area contributed by atoms with Crippen LogP contribution >= 0.6 is 0 Å². The molecule has 0 aliphatic carbocycles. The largest absolute Gasteiger partial charge is 0.507 e. The fourth-order valence-corrected chi connectivity index (χ4v) is 1.06. The van der Waals surface area contributed by atoms with Crippen molar-refractivity contribution in [3.8, 4) is 5.75 Å². The normalized spacial score (nSPS) is 9.86. The molecule has 14 heavy (non-hydrogen) atoms. The summed E-state index contributed by atoms with van der Waals surface area (Å²) in [5, 5.41) is 18.1. The first-order chi connectivity index (χ1) is 6.56. The van der Waals surface area contributed by atoms with E-state index in [2.05, 4.69) is 0 Å². The monoisotopic (exact) mass is 194 g/mol. The molecule has 74 valence electrons. The van der Waals surface area contributed by atoms with Crippen molar-refractivity contribution in [2.24, 2.45) is 0 Å². The topological polar surface area (TPSA) is 74.6 Å². The molecule has 0 bridgehead atoms. The Bertz CT molecular complexity index is 382. The summed E-state index contributed by atoms with van der Waals surface area (Å²) in [5.41, 5.74) is 0.456. The van der Waals surface area contributed by atoms with Crippen molar-refractivity contribution in [3.63, 3.8) is 0 Å². The Morgan fingerprint density at radius 3 is 2.43 bits per heavy atom. The van der Waals surface area contributed by atoms with Crippen molar-refractivity contribution in [2.45, 2.75) is 13.5 Å². The first-order valence-electron chi connectivity index (χ1n) is 4.04. The van der Waals surface area contributed by atoms with E-state index < -0.39 is 11.6 Å². The predicted molar refractivity (Wildman–Crippen MR) is 49.0 cm³/mol. The Kier molecular flexibility index (Phi) is 2.99. The molecule has 4 nitrogen and oxygen atoms in total. The van der Waals surface area contributed by atoms with Gasteiger partial charge in [-0.2, -0.15) is 0 Å². The first kappa shape index (κ1) is 10.4. The number of Topliss-reactive ketones (excluding diaryl/α,β-unsaturated/α-hetero) is 2. The number of phenols is 1. The molecule has 0 fully saturated rings. The molecule has 0 radical (unpaired) electrons. The number of aromatic hydroxyl groups is 1. The van der Waals surface area contributed by atoms with Gasteiger partial charge in [-0.25, -0.2) is 0 Å². The maximum absolute atomic E-state index is 11.2. The summed E-state index contributed by atoms with van der Waals surface area (Å²) in [7, 11) is 0. The molecule has 0 unspecified atom stereocenters. The van der Waals surface area contributed by atoms with E-state index in [4.69, 9.17) is 5.11 Å². The number of ketones is 2. The average Bonchev–Trinajstić information content (AvgIpc) is 2.16. The molecular weight excluding hydrogens is 184 g/mol. The Balaban J connectivity index is 3.12. The molecule has 0 aliphatic rings. The van der Waals surface area contributed by atoms with E-state index in [0.717, 1.165) is 6.92 Å². The van der Waals surface area contributed by atoms with E-state index >= 15 is 0 Å². The van der Waals surface area contributed by atoms with Gasteiger partial charge in [0, 0.05) is 6.92 Å². The Labute approximate surface area is 80.8 Å². The number of benzene rings is 1. The van der Waals surface area contributed by atoms with Gasteiger partial charge in [-0.3, -0.25) is 9.59 Å². The lowest BCUT2D eigenvalue weighted by molar-refractivity contribution is -0.113. The van der Waals surface area contributed by atoms with Crippen LogP contribution in [0.2, 0.25) is 0 Å². The van der Waals surface area contributed by atoms with Gasteiger partial charge < -0.3 is 10.2 Å². The summed E-state index contributed by atoms with van der Waals surface area (Å²) >= 11 is 0. The Morgan fingerprint density at radius 2 is 2.00 bits per heavy atom. The number of rotatable bonds is 3. The lowest BCUT2D eigenvalue weighted by Crippen LogP contribution is -2.09. The molecule has 2 N–H and O–H groups in total. The summed E-state index contributed by atoms with van der Waals surface area (Å²) in [5.74, 6) is -1.64. The van der Waals surface area contributed by atoms with Gasteiger partial charge in [-0.05, 0) is 17.7 Å². The van der Waals surface area contributed by atoms with Crippen molar-refractivity contribution in [1.29, 1.82) is 0 Å². The van der Waals surface area contributed by atoms with Gasteiger partial charge in [0.15, 0.2) is 5.78 Å². The SMILES string of the molecule is CC(=O)C(=O)c1ccc(CO)cc1O. The second-order valence-electron chi connectivity index (χ2n) is 2.89. The number of aliphatic hydroxyl groups is 1. The zero-order chi connectivity index (χ0) is 10.7. The maximum atomic E-state index is 11.2. The fraction of sp³-hybridized carbons (Fsp3) is 0.200. The number of phenolic OH excluding ortho intramolecular Hbond substituents is 1. The smallest absolute Gasteiger partial charge is 0.231 e. The minimum Gasteiger partial charge on any atom is -0.507 e. The molecule has 0 aliphatic heterocycles. The van der Waals surface area contributed by atoms with Gasteiger partial charge in [-0.1, -0.05) is 6.07 Å². The molecule has 1 rings (SSSR count). The van der Waals surface area contributed by atoms with Crippen LogP contribution in [-0.2, 0) is 11.4 Å². The second-order valence-corrected chi connectivity index (χ2v) is 2.89. The highest BCUT2D eigenvalue weighted by Crippen LogP contribution is 2.19. The van der Waals surface area contributed by atoms with E-state index in [1.807, 2.05) is 0 Å². The van der Waals surface area contributed by atoms with Crippen LogP contribution in [0.1, 0.15) is 22.8 Å². The van der Waals surface area contributed by atoms with E-state index in [0.29, 0.717) is 5.56 Å². The summed E-state index contributed by atoms with van der Waals surface area (Å²) in [4.78, 5) is 21.9. The highest BCUT2D eigenvalue weighted by atomic mass is 16.3. The summed E-state index contributed by atoms with van der Waals surface area (Å²) in [6, 6.07) is 4.07. The Morgan fingerprint density at radius 1 is 1.36 bits per heavy atom. The van der Waals surface area contributed by atoms with Crippen molar-refractivity contribution < 1.29 is 19.8 Å². The third kappa shape index (κ3) is 1.97. The molecule has 0 saturated carbocycles. The number of carbonyl (C=O) groups excluding carboxylic acids is 2. The third-order valence-electron chi connectivity index (χ3n) is 1.81. The van der Waals surface area contributed by atoms with E-state index in [9.17, 15) is 14.7 Å². The Hall–Kier alpha value is -1.68. The molecule has 1 aromatic carbocycles. The first-order valence-corrected chi connectivity index (χ1v) is 4.04. The summed E-state index contributed by atoms with van der Waals surface area (Å²) in [6.07, 6.45) is 0. The quantitative estimate of drug-likeness (QED) is 0.547. The molecule has 4 heteroatoms. The summed E-state index contributed by atoms with van der Waals surface area (Å²) in [6.45, 7) is 0.920. The van der Waals surface area contributed by atoms with Crippen LogP contribution in [0.15, 0.2) is 18.2 Å². The standard InChI is InChI=1S/C10H10O4/c1-6(12)10(14)8-3-2-7(5-11)4-9(8)13/h2-4,11,13H,5H2,1H3. The molecule has 0 atom stereocenters. The van der Waals surface area contributed by atoms with E-state index in [1.54, 1.807) is 0 Å². The van der Waals surface area contributed by atoms with E-state index in [1.165, 1.54) is 18.2 Å². The van der Waals surface area contributed by atoms with Gasteiger partial charge in [0.2, 0.25) is 5.78 Å². The van der Waals surface area contributed by atoms with Crippen LogP contribution in [0.4, 0.5) is 0 Å². The van der Waals surface area contributed by atoms with Crippen molar-refractivity contribution in [1.82, 2.24) is 0 Å². The molecule has 0 aromatic heterocycles. The maximum Gasteiger partial charge on any atom is 0.231 e. The molecule has 0 heterocycles. The van der Waals surface area contributed by atoms with Crippen molar-refractivity contribution >= 4 is 11.6 Å². The molecule has 1 aromatic rings. The molecule has 0 saturated heterocycles. The highest BCUT2D eigenvalue weighted by Gasteiger charge is 2.15.